The Morgan fingerprint density at radius 1 is 1.17 bits per heavy atom. The molecule has 9 heteroatoms. The van der Waals surface area contributed by atoms with Crippen LogP contribution in [0.1, 0.15) is 31.2 Å². The van der Waals surface area contributed by atoms with Crippen LogP contribution < -0.4 is 9.62 Å². The standard InChI is InChI=1S/C20H25N3O5S/c1-16(17-8-4-3-5-9-17)15-21-20(24)12-7-13-22(29(2,27)28)18-10-6-11-19(14-18)23(25)26/h3-6,8-11,14,16H,7,12-13,15H2,1-2H3,(H,21,24). The second-order valence-corrected chi connectivity index (χ2v) is 8.74. The molecule has 2 aromatic carbocycles. The predicted octanol–water partition coefficient (Wildman–Crippen LogP) is 3.06. The lowest BCUT2D eigenvalue weighted by Gasteiger charge is -2.22. The van der Waals surface area contributed by atoms with Crippen molar-refractivity contribution in [3.63, 3.8) is 0 Å². The molecule has 1 atom stereocenters. The van der Waals surface area contributed by atoms with Gasteiger partial charge in [0.2, 0.25) is 15.9 Å². The van der Waals surface area contributed by atoms with E-state index >= 15 is 0 Å². The monoisotopic (exact) mass is 419 g/mol. The molecule has 1 N–H and O–H groups in total. The van der Waals surface area contributed by atoms with E-state index in [1.807, 2.05) is 37.3 Å². The fraction of sp³-hybridized carbons (Fsp3) is 0.350. The van der Waals surface area contributed by atoms with Crippen LogP contribution >= 0.6 is 0 Å². The van der Waals surface area contributed by atoms with Gasteiger partial charge in [-0.05, 0) is 24.0 Å². The van der Waals surface area contributed by atoms with E-state index in [0.717, 1.165) is 16.1 Å². The molecule has 0 fully saturated rings. The molecule has 0 radical (unpaired) electrons. The number of carbonyl (C=O) groups excluding carboxylic acids is 1. The van der Waals surface area contributed by atoms with E-state index < -0.39 is 14.9 Å². The van der Waals surface area contributed by atoms with Crippen molar-refractivity contribution < 1.29 is 18.1 Å². The molecule has 0 saturated carbocycles. The van der Waals surface area contributed by atoms with Crippen LogP contribution in [-0.4, -0.2) is 38.6 Å². The van der Waals surface area contributed by atoms with Crippen LogP contribution in [0.3, 0.4) is 0 Å². The number of carbonyl (C=O) groups is 1. The molecule has 1 unspecified atom stereocenters. The smallest absolute Gasteiger partial charge is 0.271 e. The summed E-state index contributed by atoms with van der Waals surface area (Å²) < 4.78 is 25.3. The highest BCUT2D eigenvalue weighted by atomic mass is 32.2. The highest BCUT2D eigenvalue weighted by molar-refractivity contribution is 7.92. The summed E-state index contributed by atoms with van der Waals surface area (Å²) in [6.45, 7) is 2.56. The van der Waals surface area contributed by atoms with Crippen LogP contribution in [0.5, 0.6) is 0 Å². The molecule has 29 heavy (non-hydrogen) atoms. The van der Waals surface area contributed by atoms with Gasteiger partial charge in [0.1, 0.15) is 0 Å². The summed E-state index contributed by atoms with van der Waals surface area (Å²) in [5.74, 6) is -0.00203. The number of hydrogen-bond donors (Lipinski definition) is 1. The normalized spacial score (nSPS) is 12.2. The first-order chi connectivity index (χ1) is 13.7. The summed E-state index contributed by atoms with van der Waals surface area (Å²) in [6.07, 6.45) is 1.48. The largest absolute Gasteiger partial charge is 0.356 e. The van der Waals surface area contributed by atoms with Crippen molar-refractivity contribution in [2.45, 2.75) is 25.7 Å². The number of nitro benzene ring substituents is 1. The first-order valence-electron chi connectivity index (χ1n) is 9.22. The number of sulfonamides is 1. The van der Waals surface area contributed by atoms with Crippen molar-refractivity contribution in [1.29, 1.82) is 0 Å². The maximum Gasteiger partial charge on any atom is 0.271 e. The molecule has 156 valence electrons. The van der Waals surface area contributed by atoms with Crippen LogP contribution in [0.4, 0.5) is 11.4 Å². The SMILES string of the molecule is CC(CNC(=O)CCCN(c1cccc([N+](=O)[O-])c1)S(C)(=O)=O)c1ccccc1. The number of rotatable bonds is 10. The van der Waals surface area contributed by atoms with Crippen LogP contribution in [0.2, 0.25) is 0 Å². The molecule has 0 heterocycles. The number of anilines is 1. The molecule has 2 rings (SSSR count). The Morgan fingerprint density at radius 3 is 2.48 bits per heavy atom. The predicted molar refractivity (Wildman–Crippen MR) is 112 cm³/mol. The highest BCUT2D eigenvalue weighted by Crippen LogP contribution is 2.23. The van der Waals surface area contributed by atoms with E-state index in [4.69, 9.17) is 0 Å². The van der Waals surface area contributed by atoms with E-state index in [0.29, 0.717) is 13.0 Å². The van der Waals surface area contributed by atoms with E-state index in [2.05, 4.69) is 5.32 Å². The van der Waals surface area contributed by atoms with E-state index in [9.17, 15) is 23.3 Å². The Kier molecular flexibility index (Phi) is 7.72. The van der Waals surface area contributed by atoms with Crippen LogP contribution in [0, 0.1) is 10.1 Å². The first-order valence-corrected chi connectivity index (χ1v) is 11.1. The molecular formula is C20H25N3O5S. The van der Waals surface area contributed by atoms with Crippen molar-refractivity contribution >= 4 is 27.3 Å². The lowest BCUT2D eigenvalue weighted by molar-refractivity contribution is -0.384. The number of non-ortho nitro benzene ring substituents is 1. The number of nitrogens with zero attached hydrogens (tertiary/aromatic N) is 2. The molecule has 0 aliphatic rings. The molecule has 0 aliphatic heterocycles. The zero-order chi connectivity index (χ0) is 21.4. The summed E-state index contributed by atoms with van der Waals surface area (Å²) in [5.41, 5.74) is 1.14. The molecule has 2 aromatic rings. The van der Waals surface area contributed by atoms with Gasteiger partial charge in [-0.15, -0.1) is 0 Å². The summed E-state index contributed by atoms with van der Waals surface area (Å²) in [6, 6.07) is 15.3. The number of amides is 1. The van der Waals surface area contributed by atoms with E-state index in [1.165, 1.54) is 24.3 Å². The average molecular weight is 420 g/mol. The minimum atomic E-state index is -3.64. The van der Waals surface area contributed by atoms with Crippen LogP contribution in [0.25, 0.3) is 0 Å². The van der Waals surface area contributed by atoms with Crippen molar-refractivity contribution in [3.8, 4) is 0 Å². The first kappa shape index (κ1) is 22.4. The third-order valence-corrected chi connectivity index (χ3v) is 5.66. The lowest BCUT2D eigenvalue weighted by atomic mass is 10.0. The van der Waals surface area contributed by atoms with E-state index in [1.54, 1.807) is 0 Å². The van der Waals surface area contributed by atoms with Gasteiger partial charge in [0, 0.05) is 31.6 Å². The van der Waals surface area contributed by atoms with Gasteiger partial charge in [-0.3, -0.25) is 19.2 Å². The van der Waals surface area contributed by atoms with Crippen LogP contribution in [-0.2, 0) is 14.8 Å². The molecule has 0 spiro atoms. The van der Waals surface area contributed by atoms with E-state index in [-0.39, 0.29) is 36.2 Å². The third-order valence-electron chi connectivity index (χ3n) is 4.47. The summed E-state index contributed by atoms with van der Waals surface area (Å²) in [4.78, 5) is 22.5. The third kappa shape index (κ3) is 6.86. The maximum atomic E-state index is 12.1. The minimum Gasteiger partial charge on any atom is -0.356 e. The molecule has 0 aliphatic carbocycles. The Bertz CT molecular complexity index is 948. The maximum absolute atomic E-state index is 12.1. The quantitative estimate of drug-likeness (QED) is 0.470. The average Bonchev–Trinajstić information content (AvgIpc) is 2.69. The number of benzene rings is 2. The fourth-order valence-corrected chi connectivity index (χ4v) is 3.84. The molecule has 0 aromatic heterocycles. The number of nitro groups is 1. The topological polar surface area (TPSA) is 110 Å². The summed E-state index contributed by atoms with van der Waals surface area (Å²) in [5, 5.41) is 13.8. The lowest BCUT2D eigenvalue weighted by Crippen LogP contribution is -2.32. The van der Waals surface area contributed by atoms with Gasteiger partial charge in [-0.25, -0.2) is 8.42 Å². The van der Waals surface area contributed by atoms with Gasteiger partial charge < -0.3 is 5.32 Å². The summed E-state index contributed by atoms with van der Waals surface area (Å²) >= 11 is 0. The molecule has 0 bridgehead atoms. The van der Waals surface area contributed by atoms with Crippen LogP contribution in [0.15, 0.2) is 54.6 Å². The zero-order valence-corrected chi connectivity index (χ0v) is 17.3. The van der Waals surface area contributed by atoms with Crippen molar-refractivity contribution in [2.24, 2.45) is 0 Å². The molecule has 0 saturated heterocycles. The van der Waals surface area contributed by atoms with Gasteiger partial charge in [0.25, 0.3) is 5.69 Å². The zero-order valence-electron chi connectivity index (χ0n) is 16.4. The second kappa shape index (κ2) is 10.0. The van der Waals surface area contributed by atoms with Crippen molar-refractivity contribution in [1.82, 2.24) is 5.32 Å². The Balaban J connectivity index is 1.91. The van der Waals surface area contributed by atoms with Gasteiger partial charge in [0.15, 0.2) is 0 Å². The Morgan fingerprint density at radius 2 is 1.86 bits per heavy atom. The molecule has 8 nitrogen and oxygen atoms in total. The number of nitrogens with one attached hydrogen (secondary N) is 1. The van der Waals surface area contributed by atoms with Gasteiger partial charge >= 0.3 is 0 Å². The summed E-state index contributed by atoms with van der Waals surface area (Å²) in [7, 11) is -3.64. The molecular weight excluding hydrogens is 394 g/mol. The fourth-order valence-electron chi connectivity index (χ4n) is 2.89. The van der Waals surface area contributed by atoms with Gasteiger partial charge in [-0.2, -0.15) is 0 Å². The number of hydrogen-bond acceptors (Lipinski definition) is 5. The second-order valence-electron chi connectivity index (χ2n) is 6.83. The Hall–Kier alpha value is -2.94. The van der Waals surface area contributed by atoms with Crippen molar-refractivity contribution in [2.75, 3.05) is 23.7 Å². The highest BCUT2D eigenvalue weighted by Gasteiger charge is 2.20. The Labute approximate surface area is 170 Å². The van der Waals surface area contributed by atoms with Gasteiger partial charge in [0.05, 0.1) is 16.9 Å². The van der Waals surface area contributed by atoms with Crippen molar-refractivity contribution in [3.05, 3.63) is 70.3 Å². The van der Waals surface area contributed by atoms with Gasteiger partial charge in [-0.1, -0.05) is 43.3 Å². The minimum absolute atomic E-state index is 0.0572. The molecule has 1 amide bonds.